The van der Waals surface area contributed by atoms with E-state index in [1.807, 2.05) is 0 Å². The van der Waals surface area contributed by atoms with E-state index in [9.17, 15) is 8.42 Å². The Hall–Kier alpha value is -1.10. The maximum atomic E-state index is 11.3. The Balaban J connectivity index is 2.46. The fraction of sp³-hybridized carbons (Fsp3) is 0.0833. The summed E-state index contributed by atoms with van der Waals surface area (Å²) >= 11 is 11.6. The second kappa shape index (κ2) is 4.88. The number of benzene rings is 1. The van der Waals surface area contributed by atoms with Crippen LogP contribution in [-0.2, 0) is 9.84 Å². The molecule has 0 fully saturated rings. The number of rotatable bonds is 2. The fourth-order valence-corrected chi connectivity index (χ4v) is 2.62. The van der Waals surface area contributed by atoms with Crippen LogP contribution in [-0.4, -0.2) is 19.7 Å². The third-order valence-electron chi connectivity index (χ3n) is 2.38. The lowest BCUT2D eigenvalue weighted by Gasteiger charge is -2.04. The number of nitrogens with zero attached hydrogens (tertiary/aromatic N) is 1. The number of pyridine rings is 1. The van der Waals surface area contributed by atoms with Crippen molar-refractivity contribution in [3.8, 4) is 11.1 Å². The topological polar surface area (TPSA) is 47.0 Å². The fourth-order valence-electron chi connectivity index (χ4n) is 1.53. The van der Waals surface area contributed by atoms with E-state index in [-0.39, 0.29) is 4.90 Å². The van der Waals surface area contributed by atoms with Crippen molar-refractivity contribution in [2.45, 2.75) is 4.90 Å². The monoisotopic (exact) mass is 301 g/mol. The van der Waals surface area contributed by atoms with Gasteiger partial charge in [-0.2, -0.15) is 0 Å². The van der Waals surface area contributed by atoms with E-state index in [0.29, 0.717) is 10.3 Å². The third-order valence-corrected chi connectivity index (χ3v) is 3.89. The molecule has 0 bridgehead atoms. The molecule has 2 aromatic rings. The summed E-state index contributed by atoms with van der Waals surface area (Å²) in [5.74, 6) is 0. The summed E-state index contributed by atoms with van der Waals surface area (Å²) in [5.41, 5.74) is 1.62. The normalized spacial score (nSPS) is 11.5. The molecule has 0 radical (unpaired) electrons. The standard InChI is InChI=1S/C12H9Cl2NO2S/c1-18(16,17)10-4-2-8(3-5-10)9-6-11(13)15-12(14)7-9/h2-7H,1H3. The third kappa shape index (κ3) is 3.02. The predicted octanol–water partition coefficient (Wildman–Crippen LogP) is 3.46. The molecule has 0 aliphatic heterocycles. The average molecular weight is 302 g/mol. The molecular weight excluding hydrogens is 293 g/mol. The predicted molar refractivity (Wildman–Crippen MR) is 72.8 cm³/mol. The molecule has 3 nitrogen and oxygen atoms in total. The molecule has 0 aliphatic rings. The van der Waals surface area contributed by atoms with Crippen LogP contribution in [0.1, 0.15) is 0 Å². The summed E-state index contributed by atoms with van der Waals surface area (Å²) in [4.78, 5) is 4.13. The maximum Gasteiger partial charge on any atom is 0.175 e. The molecule has 0 unspecified atom stereocenters. The number of sulfone groups is 1. The molecule has 0 saturated carbocycles. The van der Waals surface area contributed by atoms with Crippen LogP contribution >= 0.6 is 23.2 Å². The summed E-state index contributed by atoms with van der Waals surface area (Å²) in [5, 5.41) is 0.592. The first kappa shape index (κ1) is 13.3. The summed E-state index contributed by atoms with van der Waals surface area (Å²) < 4.78 is 22.7. The van der Waals surface area contributed by atoms with Crippen LogP contribution in [0.5, 0.6) is 0 Å². The molecule has 0 atom stereocenters. The van der Waals surface area contributed by atoms with Gasteiger partial charge in [0.2, 0.25) is 0 Å². The highest BCUT2D eigenvalue weighted by atomic mass is 35.5. The van der Waals surface area contributed by atoms with Crippen molar-refractivity contribution in [1.82, 2.24) is 4.98 Å². The SMILES string of the molecule is CS(=O)(=O)c1ccc(-c2cc(Cl)nc(Cl)c2)cc1. The Morgan fingerprint density at radius 1 is 0.944 bits per heavy atom. The van der Waals surface area contributed by atoms with Crippen LogP contribution in [0.15, 0.2) is 41.3 Å². The minimum Gasteiger partial charge on any atom is -0.224 e. The van der Waals surface area contributed by atoms with Gasteiger partial charge in [-0.15, -0.1) is 0 Å². The lowest BCUT2D eigenvalue weighted by atomic mass is 10.1. The van der Waals surface area contributed by atoms with Gasteiger partial charge >= 0.3 is 0 Å². The van der Waals surface area contributed by atoms with E-state index in [2.05, 4.69) is 4.98 Å². The van der Waals surface area contributed by atoms with Gasteiger partial charge < -0.3 is 0 Å². The van der Waals surface area contributed by atoms with Crippen LogP contribution in [0.4, 0.5) is 0 Å². The number of aromatic nitrogens is 1. The van der Waals surface area contributed by atoms with E-state index in [4.69, 9.17) is 23.2 Å². The molecule has 1 aromatic heterocycles. The van der Waals surface area contributed by atoms with E-state index in [1.165, 1.54) is 6.26 Å². The van der Waals surface area contributed by atoms with Gasteiger partial charge in [0.1, 0.15) is 10.3 Å². The van der Waals surface area contributed by atoms with Crippen molar-refractivity contribution in [1.29, 1.82) is 0 Å². The van der Waals surface area contributed by atoms with E-state index in [0.717, 1.165) is 11.1 Å². The second-order valence-corrected chi connectivity index (χ2v) is 6.59. The molecule has 94 valence electrons. The zero-order valence-electron chi connectivity index (χ0n) is 9.39. The Kier molecular flexibility index (Phi) is 3.61. The van der Waals surface area contributed by atoms with Gasteiger partial charge in [0.15, 0.2) is 9.84 Å². The quantitative estimate of drug-likeness (QED) is 0.798. The molecule has 0 aliphatic carbocycles. The molecule has 1 heterocycles. The molecule has 0 amide bonds. The largest absolute Gasteiger partial charge is 0.224 e. The highest BCUT2D eigenvalue weighted by Gasteiger charge is 2.07. The van der Waals surface area contributed by atoms with Gasteiger partial charge in [0.25, 0.3) is 0 Å². The highest BCUT2D eigenvalue weighted by Crippen LogP contribution is 2.25. The summed E-state index contributed by atoms with van der Waals surface area (Å²) in [7, 11) is -3.18. The first-order valence-corrected chi connectivity index (χ1v) is 7.64. The molecule has 0 spiro atoms. The van der Waals surface area contributed by atoms with Crippen LogP contribution in [0.3, 0.4) is 0 Å². The molecule has 1 aromatic carbocycles. The molecular formula is C12H9Cl2NO2S. The lowest BCUT2D eigenvalue weighted by molar-refractivity contribution is 0.602. The van der Waals surface area contributed by atoms with Crippen LogP contribution in [0.2, 0.25) is 10.3 Å². The minimum absolute atomic E-state index is 0.275. The Morgan fingerprint density at radius 2 is 1.44 bits per heavy atom. The number of halogens is 2. The Labute approximate surface area is 115 Å². The van der Waals surface area contributed by atoms with Gasteiger partial charge in [0, 0.05) is 6.26 Å². The smallest absolute Gasteiger partial charge is 0.175 e. The van der Waals surface area contributed by atoms with Gasteiger partial charge in [-0.3, -0.25) is 0 Å². The molecule has 0 N–H and O–H groups in total. The van der Waals surface area contributed by atoms with Gasteiger partial charge in [-0.1, -0.05) is 35.3 Å². The van der Waals surface area contributed by atoms with E-state index >= 15 is 0 Å². The maximum absolute atomic E-state index is 11.3. The van der Waals surface area contributed by atoms with Crippen molar-refractivity contribution in [2.24, 2.45) is 0 Å². The minimum atomic E-state index is -3.18. The zero-order valence-corrected chi connectivity index (χ0v) is 11.7. The summed E-state index contributed by atoms with van der Waals surface area (Å²) in [6.45, 7) is 0. The lowest BCUT2D eigenvalue weighted by Crippen LogP contribution is -1.96. The van der Waals surface area contributed by atoms with Crippen molar-refractivity contribution < 1.29 is 8.42 Å². The second-order valence-electron chi connectivity index (χ2n) is 3.80. The summed E-state index contributed by atoms with van der Waals surface area (Å²) in [6, 6.07) is 9.85. The first-order chi connectivity index (χ1) is 8.36. The highest BCUT2D eigenvalue weighted by molar-refractivity contribution is 7.90. The van der Waals surface area contributed by atoms with Crippen LogP contribution < -0.4 is 0 Å². The number of hydrogen-bond acceptors (Lipinski definition) is 3. The van der Waals surface area contributed by atoms with Crippen LogP contribution in [0.25, 0.3) is 11.1 Å². The van der Waals surface area contributed by atoms with Gasteiger partial charge in [-0.25, -0.2) is 13.4 Å². The zero-order chi connectivity index (χ0) is 13.3. The Bertz CT molecular complexity index is 661. The molecule has 2 rings (SSSR count). The van der Waals surface area contributed by atoms with Crippen molar-refractivity contribution in [3.05, 3.63) is 46.7 Å². The van der Waals surface area contributed by atoms with Crippen molar-refractivity contribution in [3.63, 3.8) is 0 Å². The summed E-state index contributed by atoms with van der Waals surface area (Å²) in [6.07, 6.45) is 1.17. The van der Waals surface area contributed by atoms with Gasteiger partial charge in [0.05, 0.1) is 4.90 Å². The van der Waals surface area contributed by atoms with E-state index < -0.39 is 9.84 Å². The van der Waals surface area contributed by atoms with E-state index in [1.54, 1.807) is 36.4 Å². The van der Waals surface area contributed by atoms with Gasteiger partial charge in [-0.05, 0) is 35.4 Å². The van der Waals surface area contributed by atoms with Crippen LogP contribution in [0, 0.1) is 0 Å². The van der Waals surface area contributed by atoms with Crippen molar-refractivity contribution >= 4 is 33.0 Å². The van der Waals surface area contributed by atoms with Crippen molar-refractivity contribution in [2.75, 3.05) is 6.26 Å². The molecule has 0 saturated heterocycles. The Morgan fingerprint density at radius 3 is 1.89 bits per heavy atom. The first-order valence-electron chi connectivity index (χ1n) is 5.00. The average Bonchev–Trinajstić information content (AvgIpc) is 2.27. The molecule has 18 heavy (non-hydrogen) atoms. The molecule has 6 heteroatoms. The number of hydrogen-bond donors (Lipinski definition) is 0.